The summed E-state index contributed by atoms with van der Waals surface area (Å²) in [4.78, 5) is 35.1. The Hall–Kier alpha value is -3.04. The fraction of sp³-hybridized carbons (Fsp3) is 0.286. The van der Waals surface area contributed by atoms with E-state index in [-0.39, 0.29) is 28.3 Å². The number of nitrogens with zero attached hydrogens (tertiary/aromatic N) is 1. The lowest BCUT2D eigenvalue weighted by Gasteiger charge is -2.23. The molecule has 0 aromatic heterocycles. The van der Waals surface area contributed by atoms with E-state index in [9.17, 15) is 19.7 Å². The molecule has 0 aliphatic heterocycles. The summed E-state index contributed by atoms with van der Waals surface area (Å²) in [6.45, 7) is 0. The average molecular weight is 461 g/mol. The molecule has 0 radical (unpaired) electrons. The van der Waals surface area contributed by atoms with Gasteiger partial charge in [0.25, 0.3) is 17.5 Å². The first kappa shape index (κ1) is 22.6. The molecule has 0 heterocycles. The van der Waals surface area contributed by atoms with Gasteiger partial charge in [-0.05, 0) is 55.4 Å². The van der Waals surface area contributed by atoms with E-state index in [1.807, 2.05) is 0 Å². The highest BCUT2D eigenvalue weighted by molar-refractivity contribution is 7.80. The third-order valence-corrected chi connectivity index (χ3v) is 5.51. The largest absolute Gasteiger partial charge is 0.349 e. The monoisotopic (exact) mass is 460 g/mol. The first-order chi connectivity index (χ1) is 14.8. The number of thiocarbonyl (C=S) groups is 1. The summed E-state index contributed by atoms with van der Waals surface area (Å²) < 4.78 is 0. The molecule has 3 rings (SSSR count). The molecule has 0 saturated heterocycles. The van der Waals surface area contributed by atoms with Crippen LogP contribution in [0.5, 0.6) is 0 Å². The second-order valence-corrected chi connectivity index (χ2v) is 8.03. The number of amides is 2. The zero-order chi connectivity index (χ0) is 22.4. The molecule has 1 aliphatic rings. The fourth-order valence-corrected chi connectivity index (χ4v) is 3.77. The van der Waals surface area contributed by atoms with Crippen LogP contribution in [0.1, 0.15) is 52.8 Å². The molecule has 1 saturated carbocycles. The topological polar surface area (TPSA) is 113 Å². The number of halogens is 1. The minimum absolute atomic E-state index is 0.0179. The average Bonchev–Trinajstić information content (AvgIpc) is 2.75. The molecule has 31 heavy (non-hydrogen) atoms. The van der Waals surface area contributed by atoms with Crippen molar-refractivity contribution in [2.75, 3.05) is 5.32 Å². The van der Waals surface area contributed by atoms with Crippen molar-refractivity contribution in [1.82, 2.24) is 10.6 Å². The van der Waals surface area contributed by atoms with Crippen LogP contribution in [0.2, 0.25) is 5.02 Å². The van der Waals surface area contributed by atoms with Gasteiger partial charge in [-0.15, -0.1) is 0 Å². The van der Waals surface area contributed by atoms with Gasteiger partial charge in [0.05, 0.1) is 15.5 Å². The molecule has 2 aromatic rings. The fourth-order valence-electron chi connectivity index (χ4n) is 3.36. The molecule has 2 aromatic carbocycles. The van der Waals surface area contributed by atoms with E-state index in [1.54, 1.807) is 18.2 Å². The van der Waals surface area contributed by atoms with Crippen molar-refractivity contribution in [2.24, 2.45) is 0 Å². The summed E-state index contributed by atoms with van der Waals surface area (Å²) in [6.07, 6.45) is 5.31. The number of anilines is 1. The summed E-state index contributed by atoms with van der Waals surface area (Å²) in [5, 5.41) is 19.4. The highest BCUT2D eigenvalue weighted by Crippen LogP contribution is 2.23. The lowest BCUT2D eigenvalue weighted by Crippen LogP contribution is -2.36. The van der Waals surface area contributed by atoms with Crippen LogP contribution in [0.15, 0.2) is 42.5 Å². The van der Waals surface area contributed by atoms with Crippen LogP contribution in [-0.2, 0) is 0 Å². The van der Waals surface area contributed by atoms with Crippen LogP contribution in [0.25, 0.3) is 0 Å². The summed E-state index contributed by atoms with van der Waals surface area (Å²) in [5.41, 5.74) is 0.921. The first-order valence-electron chi connectivity index (χ1n) is 9.80. The third kappa shape index (κ3) is 6.22. The van der Waals surface area contributed by atoms with Crippen molar-refractivity contribution in [3.63, 3.8) is 0 Å². The number of hydrogen-bond acceptors (Lipinski definition) is 5. The van der Waals surface area contributed by atoms with E-state index in [0.29, 0.717) is 16.3 Å². The molecule has 1 fully saturated rings. The van der Waals surface area contributed by atoms with Gasteiger partial charge in [0.15, 0.2) is 5.11 Å². The Bertz CT molecular complexity index is 1010. The molecular weight excluding hydrogens is 440 g/mol. The highest BCUT2D eigenvalue weighted by atomic mass is 35.5. The van der Waals surface area contributed by atoms with Gasteiger partial charge in [-0.3, -0.25) is 25.0 Å². The van der Waals surface area contributed by atoms with Crippen molar-refractivity contribution in [3.05, 3.63) is 68.7 Å². The van der Waals surface area contributed by atoms with Gasteiger partial charge < -0.3 is 10.6 Å². The first-order valence-corrected chi connectivity index (χ1v) is 10.6. The van der Waals surface area contributed by atoms with Gasteiger partial charge >= 0.3 is 0 Å². The number of benzene rings is 2. The molecule has 3 N–H and O–H groups in total. The Morgan fingerprint density at radius 3 is 2.35 bits per heavy atom. The zero-order valence-electron chi connectivity index (χ0n) is 16.5. The maximum atomic E-state index is 12.6. The van der Waals surface area contributed by atoms with Crippen LogP contribution in [0, 0.1) is 10.1 Å². The van der Waals surface area contributed by atoms with E-state index in [0.717, 1.165) is 25.7 Å². The minimum atomic E-state index is -0.545. The van der Waals surface area contributed by atoms with Crippen LogP contribution in [0.3, 0.4) is 0 Å². The predicted molar refractivity (Wildman–Crippen MR) is 123 cm³/mol. The van der Waals surface area contributed by atoms with Gasteiger partial charge in [0.1, 0.15) is 0 Å². The van der Waals surface area contributed by atoms with Crippen molar-refractivity contribution in [1.29, 1.82) is 0 Å². The van der Waals surface area contributed by atoms with E-state index in [4.69, 9.17) is 23.8 Å². The Morgan fingerprint density at radius 1 is 1.03 bits per heavy atom. The van der Waals surface area contributed by atoms with E-state index in [2.05, 4.69) is 16.0 Å². The summed E-state index contributed by atoms with van der Waals surface area (Å²) in [6, 6.07) is 10.1. The maximum absolute atomic E-state index is 12.6. The lowest BCUT2D eigenvalue weighted by atomic mass is 9.95. The molecule has 0 spiro atoms. The van der Waals surface area contributed by atoms with Crippen molar-refractivity contribution >= 4 is 52.1 Å². The van der Waals surface area contributed by atoms with Crippen LogP contribution in [-0.4, -0.2) is 27.9 Å². The molecule has 162 valence electrons. The Balaban J connectivity index is 1.61. The molecule has 1 aliphatic carbocycles. The van der Waals surface area contributed by atoms with Crippen LogP contribution < -0.4 is 16.0 Å². The second-order valence-electron chi connectivity index (χ2n) is 7.22. The normalized spacial score (nSPS) is 13.8. The Morgan fingerprint density at radius 2 is 1.71 bits per heavy atom. The number of nitro benzene ring substituents is 1. The van der Waals surface area contributed by atoms with E-state index >= 15 is 0 Å². The molecule has 10 heteroatoms. The Labute approximate surface area is 189 Å². The summed E-state index contributed by atoms with van der Waals surface area (Å²) >= 11 is 11.4. The molecular formula is C21H21ClN4O4S. The van der Waals surface area contributed by atoms with Crippen molar-refractivity contribution in [2.45, 2.75) is 38.1 Å². The number of hydrogen-bond donors (Lipinski definition) is 3. The quantitative estimate of drug-likeness (QED) is 0.345. The van der Waals surface area contributed by atoms with Crippen molar-refractivity contribution < 1.29 is 14.5 Å². The molecule has 8 nitrogen and oxygen atoms in total. The van der Waals surface area contributed by atoms with Crippen LogP contribution in [0.4, 0.5) is 11.4 Å². The predicted octanol–water partition coefficient (Wildman–Crippen LogP) is 4.44. The van der Waals surface area contributed by atoms with E-state index in [1.165, 1.54) is 30.7 Å². The van der Waals surface area contributed by atoms with E-state index < -0.39 is 10.8 Å². The molecule has 0 atom stereocenters. The number of nitrogens with one attached hydrogen (secondary N) is 3. The number of nitro groups is 1. The van der Waals surface area contributed by atoms with Crippen molar-refractivity contribution in [3.8, 4) is 0 Å². The van der Waals surface area contributed by atoms with Crippen LogP contribution >= 0.6 is 23.8 Å². The number of carbonyl (C=O) groups is 2. The molecule has 2 amide bonds. The number of rotatable bonds is 5. The summed E-state index contributed by atoms with van der Waals surface area (Å²) in [7, 11) is 0. The van der Waals surface area contributed by atoms with Gasteiger partial charge in [-0.25, -0.2) is 0 Å². The smallest absolute Gasteiger partial charge is 0.269 e. The maximum Gasteiger partial charge on any atom is 0.269 e. The van der Waals surface area contributed by atoms with Gasteiger partial charge in [-0.1, -0.05) is 30.9 Å². The zero-order valence-corrected chi connectivity index (χ0v) is 18.1. The lowest BCUT2D eigenvalue weighted by molar-refractivity contribution is -0.384. The minimum Gasteiger partial charge on any atom is -0.349 e. The Kier molecular flexibility index (Phi) is 7.54. The number of non-ortho nitro benzene ring substituents is 1. The highest BCUT2D eigenvalue weighted by Gasteiger charge is 2.19. The summed E-state index contributed by atoms with van der Waals surface area (Å²) in [5.74, 6) is -0.766. The molecule has 0 unspecified atom stereocenters. The third-order valence-electron chi connectivity index (χ3n) is 4.98. The number of carbonyl (C=O) groups excluding carboxylic acids is 2. The van der Waals surface area contributed by atoms with Gasteiger partial charge in [-0.2, -0.15) is 0 Å². The van der Waals surface area contributed by atoms with Gasteiger partial charge in [0, 0.05) is 29.4 Å². The van der Waals surface area contributed by atoms with Gasteiger partial charge in [0.2, 0.25) is 0 Å². The molecule has 0 bridgehead atoms. The SMILES string of the molecule is O=C(NC(=S)Nc1ccc(Cl)c(C(=O)NC2CCCCC2)c1)c1ccc([N+](=O)[O-])cc1. The second kappa shape index (κ2) is 10.3. The standard InChI is InChI=1S/C21H21ClN4O4S/c22-18-11-8-15(12-17(18)20(28)23-14-4-2-1-3-5-14)24-21(31)25-19(27)13-6-9-16(10-7-13)26(29)30/h6-12,14H,1-5H2,(H,23,28)(H2,24,25,27,31).